The number of rotatable bonds is 8. The summed E-state index contributed by atoms with van der Waals surface area (Å²) in [5.41, 5.74) is 3.35. The molecular formula is C24H25ClN2O3S. The van der Waals surface area contributed by atoms with Crippen LogP contribution in [0.1, 0.15) is 16.7 Å². The van der Waals surface area contributed by atoms with Gasteiger partial charge < -0.3 is 5.32 Å². The molecule has 5 nitrogen and oxygen atoms in total. The molecule has 7 heteroatoms. The van der Waals surface area contributed by atoms with Gasteiger partial charge in [0.1, 0.15) is 6.54 Å². The summed E-state index contributed by atoms with van der Waals surface area (Å²) in [6.45, 7) is 3.89. The topological polar surface area (TPSA) is 66.5 Å². The molecule has 0 aliphatic heterocycles. The highest BCUT2D eigenvalue weighted by molar-refractivity contribution is 7.92. The molecule has 1 N–H and O–H groups in total. The molecule has 3 aromatic carbocycles. The van der Waals surface area contributed by atoms with E-state index in [1.165, 1.54) is 16.4 Å². The number of sulfonamides is 1. The molecule has 0 saturated heterocycles. The number of aryl methyl sites for hydroxylation is 2. The average Bonchev–Trinajstić information content (AvgIpc) is 2.73. The van der Waals surface area contributed by atoms with Crippen LogP contribution in [0.25, 0.3) is 0 Å². The third-order valence-corrected chi connectivity index (χ3v) is 6.80. The van der Waals surface area contributed by atoms with Gasteiger partial charge in [-0.05, 0) is 73.4 Å². The van der Waals surface area contributed by atoms with Gasteiger partial charge in [0.2, 0.25) is 5.91 Å². The Balaban J connectivity index is 1.79. The van der Waals surface area contributed by atoms with Crippen molar-refractivity contribution < 1.29 is 13.2 Å². The maximum Gasteiger partial charge on any atom is 0.264 e. The maximum absolute atomic E-state index is 13.4. The molecule has 0 bridgehead atoms. The van der Waals surface area contributed by atoms with E-state index in [4.69, 9.17) is 11.6 Å². The number of halogens is 1. The Kier molecular flexibility index (Phi) is 7.36. The van der Waals surface area contributed by atoms with Gasteiger partial charge in [-0.1, -0.05) is 48.0 Å². The summed E-state index contributed by atoms with van der Waals surface area (Å²) in [5, 5.41) is 3.48. The van der Waals surface area contributed by atoms with Crippen molar-refractivity contribution in [2.24, 2.45) is 0 Å². The first kappa shape index (κ1) is 22.8. The number of nitrogens with one attached hydrogen (secondary N) is 1. The summed E-state index contributed by atoms with van der Waals surface area (Å²) in [4.78, 5) is 12.8. The molecule has 0 heterocycles. The molecule has 0 unspecified atom stereocenters. The van der Waals surface area contributed by atoms with Crippen LogP contribution >= 0.6 is 11.6 Å². The number of carbonyl (C=O) groups is 1. The van der Waals surface area contributed by atoms with Crippen molar-refractivity contribution in [3.63, 3.8) is 0 Å². The fourth-order valence-corrected chi connectivity index (χ4v) is 4.86. The maximum atomic E-state index is 13.4. The van der Waals surface area contributed by atoms with E-state index in [2.05, 4.69) is 5.32 Å². The second kappa shape index (κ2) is 9.98. The zero-order chi connectivity index (χ0) is 22.4. The lowest BCUT2D eigenvalue weighted by molar-refractivity contribution is -0.119. The van der Waals surface area contributed by atoms with E-state index in [1.807, 2.05) is 32.0 Å². The molecule has 0 aliphatic carbocycles. The van der Waals surface area contributed by atoms with Gasteiger partial charge in [0.05, 0.1) is 10.6 Å². The van der Waals surface area contributed by atoms with Crippen molar-refractivity contribution in [2.45, 2.75) is 25.2 Å². The van der Waals surface area contributed by atoms with Crippen LogP contribution in [-0.4, -0.2) is 27.4 Å². The summed E-state index contributed by atoms with van der Waals surface area (Å²) in [5.74, 6) is -0.368. The molecule has 31 heavy (non-hydrogen) atoms. The van der Waals surface area contributed by atoms with E-state index >= 15 is 0 Å². The van der Waals surface area contributed by atoms with Crippen molar-refractivity contribution in [3.8, 4) is 0 Å². The largest absolute Gasteiger partial charge is 0.354 e. The molecule has 3 rings (SSSR count). The van der Waals surface area contributed by atoms with E-state index in [9.17, 15) is 13.2 Å². The zero-order valence-corrected chi connectivity index (χ0v) is 19.1. The van der Waals surface area contributed by atoms with Gasteiger partial charge >= 0.3 is 0 Å². The molecule has 0 radical (unpaired) electrons. The monoisotopic (exact) mass is 456 g/mol. The van der Waals surface area contributed by atoms with Crippen molar-refractivity contribution in [1.29, 1.82) is 0 Å². The molecule has 0 saturated carbocycles. The van der Waals surface area contributed by atoms with Gasteiger partial charge in [-0.15, -0.1) is 0 Å². The van der Waals surface area contributed by atoms with Crippen LogP contribution in [0.5, 0.6) is 0 Å². The summed E-state index contributed by atoms with van der Waals surface area (Å²) < 4.78 is 27.9. The van der Waals surface area contributed by atoms with Gasteiger partial charge in [0.15, 0.2) is 0 Å². The number of hydrogen-bond donors (Lipinski definition) is 1. The lowest BCUT2D eigenvalue weighted by atomic mass is 10.1. The Morgan fingerprint density at radius 2 is 1.55 bits per heavy atom. The van der Waals surface area contributed by atoms with Gasteiger partial charge in [0, 0.05) is 11.6 Å². The predicted octanol–water partition coefficient (Wildman–Crippen LogP) is 4.51. The molecule has 0 aromatic heterocycles. The Morgan fingerprint density at radius 1 is 0.935 bits per heavy atom. The van der Waals surface area contributed by atoms with Crippen LogP contribution in [-0.2, 0) is 21.2 Å². The van der Waals surface area contributed by atoms with Gasteiger partial charge in [-0.2, -0.15) is 0 Å². The lowest BCUT2D eigenvalue weighted by Gasteiger charge is -2.25. The van der Waals surface area contributed by atoms with Crippen molar-refractivity contribution >= 4 is 33.2 Å². The summed E-state index contributed by atoms with van der Waals surface area (Å²) in [6.07, 6.45) is 0.623. The molecule has 3 aromatic rings. The van der Waals surface area contributed by atoms with Crippen LogP contribution in [0.4, 0.5) is 5.69 Å². The highest BCUT2D eigenvalue weighted by Gasteiger charge is 2.27. The molecule has 1 amide bonds. The van der Waals surface area contributed by atoms with Crippen molar-refractivity contribution in [1.82, 2.24) is 5.32 Å². The number of benzene rings is 3. The number of carbonyl (C=O) groups excluding carboxylic acids is 1. The minimum atomic E-state index is -3.91. The van der Waals surface area contributed by atoms with E-state index in [-0.39, 0.29) is 17.3 Å². The normalized spacial score (nSPS) is 11.2. The van der Waals surface area contributed by atoms with Crippen molar-refractivity contribution in [3.05, 3.63) is 94.5 Å². The lowest BCUT2D eigenvalue weighted by Crippen LogP contribution is -2.41. The smallest absolute Gasteiger partial charge is 0.264 e. The molecular weight excluding hydrogens is 432 g/mol. The van der Waals surface area contributed by atoms with Gasteiger partial charge in [-0.3, -0.25) is 9.10 Å². The number of nitrogens with zero attached hydrogens (tertiary/aromatic N) is 1. The number of hydrogen-bond acceptors (Lipinski definition) is 3. The summed E-state index contributed by atoms with van der Waals surface area (Å²) in [6, 6.07) is 21.0. The van der Waals surface area contributed by atoms with E-state index < -0.39 is 10.0 Å². The average molecular weight is 457 g/mol. The zero-order valence-electron chi connectivity index (χ0n) is 17.5. The molecule has 0 fully saturated rings. The molecule has 0 atom stereocenters. The van der Waals surface area contributed by atoms with E-state index in [0.717, 1.165) is 16.7 Å². The van der Waals surface area contributed by atoms with Crippen molar-refractivity contribution in [2.75, 3.05) is 17.4 Å². The predicted molar refractivity (Wildman–Crippen MR) is 125 cm³/mol. The van der Waals surface area contributed by atoms with Crippen LogP contribution in [0, 0.1) is 13.8 Å². The van der Waals surface area contributed by atoms with Crippen LogP contribution < -0.4 is 9.62 Å². The Labute approximate surface area is 188 Å². The van der Waals surface area contributed by atoms with E-state index in [0.29, 0.717) is 23.7 Å². The minimum Gasteiger partial charge on any atom is -0.354 e. The Bertz CT molecular complexity index is 1130. The fraction of sp³-hybridized carbons (Fsp3) is 0.208. The second-order valence-electron chi connectivity index (χ2n) is 7.40. The van der Waals surface area contributed by atoms with Crippen LogP contribution in [0.15, 0.2) is 77.7 Å². The molecule has 0 spiro atoms. The third kappa shape index (κ3) is 6.09. The van der Waals surface area contributed by atoms with Crippen LogP contribution in [0.3, 0.4) is 0 Å². The highest BCUT2D eigenvalue weighted by Crippen LogP contribution is 2.25. The first-order chi connectivity index (χ1) is 14.8. The fourth-order valence-electron chi connectivity index (χ4n) is 3.31. The summed E-state index contributed by atoms with van der Waals surface area (Å²) >= 11 is 5.89. The quantitative estimate of drug-likeness (QED) is 0.542. The Morgan fingerprint density at radius 3 is 2.16 bits per heavy atom. The first-order valence-corrected chi connectivity index (χ1v) is 11.7. The number of anilines is 1. The van der Waals surface area contributed by atoms with Gasteiger partial charge in [0.25, 0.3) is 10.0 Å². The highest BCUT2D eigenvalue weighted by atomic mass is 35.5. The first-order valence-electron chi connectivity index (χ1n) is 9.93. The van der Waals surface area contributed by atoms with Gasteiger partial charge in [-0.25, -0.2) is 8.42 Å². The summed E-state index contributed by atoms with van der Waals surface area (Å²) in [7, 11) is -3.91. The molecule has 162 valence electrons. The second-order valence-corrected chi connectivity index (χ2v) is 9.70. The SMILES string of the molecule is Cc1cc(C)cc(N(CC(=O)NCCc2ccc(Cl)cc2)S(=O)(=O)c2ccccc2)c1. The third-order valence-electron chi connectivity index (χ3n) is 4.76. The Hall–Kier alpha value is -2.83. The standard InChI is InChI=1S/C24H25ClN2O3S/c1-18-14-19(2)16-22(15-18)27(31(29,30)23-6-4-3-5-7-23)17-24(28)26-13-12-20-8-10-21(25)11-9-20/h3-11,14-16H,12-13,17H2,1-2H3,(H,26,28). The minimum absolute atomic E-state index is 0.142. The van der Waals surface area contributed by atoms with Crippen LogP contribution in [0.2, 0.25) is 5.02 Å². The van der Waals surface area contributed by atoms with E-state index in [1.54, 1.807) is 42.5 Å². The molecule has 0 aliphatic rings. The number of amides is 1.